The summed E-state index contributed by atoms with van der Waals surface area (Å²) < 4.78 is 20.5. The van der Waals surface area contributed by atoms with E-state index >= 15 is 0 Å². The molecule has 1 aromatic carbocycles. The number of aliphatic hydroxyl groups is 1. The third kappa shape index (κ3) is 4.08. The SMILES string of the molecule is CC(O)=C1CCCn2c1nc(C)c(CCN1CCC(c3noc4cc(F)ccc34)CC1)c2=O. The Balaban J connectivity index is 1.26. The summed E-state index contributed by atoms with van der Waals surface area (Å²) in [4.78, 5) is 20.3. The van der Waals surface area contributed by atoms with Crippen molar-refractivity contribution in [2.24, 2.45) is 0 Å². The van der Waals surface area contributed by atoms with Gasteiger partial charge in [-0.05, 0) is 71.2 Å². The normalized spacial score (nSPS) is 19.1. The zero-order valence-electron chi connectivity index (χ0n) is 19.1. The molecule has 0 radical (unpaired) electrons. The van der Waals surface area contributed by atoms with Gasteiger partial charge in [0.1, 0.15) is 11.6 Å². The fraction of sp³-hybridized carbons (Fsp3) is 0.480. The van der Waals surface area contributed by atoms with Crippen LogP contribution in [0.2, 0.25) is 0 Å². The maximum absolute atomic E-state index is 13.4. The van der Waals surface area contributed by atoms with Gasteiger partial charge in [0.2, 0.25) is 0 Å². The molecule has 0 aliphatic carbocycles. The number of nitrogens with zero attached hydrogens (tertiary/aromatic N) is 4. The number of aryl methyl sites for hydroxylation is 1. The highest BCUT2D eigenvalue weighted by atomic mass is 19.1. The van der Waals surface area contributed by atoms with Crippen LogP contribution in [0.5, 0.6) is 0 Å². The summed E-state index contributed by atoms with van der Waals surface area (Å²) in [6.07, 6.45) is 4.14. The lowest BCUT2D eigenvalue weighted by Crippen LogP contribution is -2.37. The Kier molecular flexibility index (Phi) is 5.78. The third-order valence-electron chi connectivity index (χ3n) is 7.10. The average Bonchev–Trinajstić information content (AvgIpc) is 3.22. The lowest BCUT2D eigenvalue weighted by atomic mass is 9.91. The van der Waals surface area contributed by atoms with Crippen LogP contribution in [0.3, 0.4) is 0 Å². The minimum atomic E-state index is -0.318. The standard InChI is InChI=1S/C25H29FN4O3/c1-15-19(25(32)30-10-3-4-20(16(2)31)24(30)27-15)9-13-29-11-7-17(8-12-29)23-21-6-5-18(26)14-22(21)33-28-23/h5-6,14,17,31H,3-4,7-13H2,1-2H3. The minimum absolute atomic E-state index is 0.0205. The van der Waals surface area contributed by atoms with Gasteiger partial charge in [-0.2, -0.15) is 0 Å². The minimum Gasteiger partial charge on any atom is -0.512 e. The number of piperidine rings is 1. The molecule has 1 saturated heterocycles. The maximum atomic E-state index is 13.4. The van der Waals surface area contributed by atoms with Crippen LogP contribution in [-0.4, -0.2) is 44.3 Å². The van der Waals surface area contributed by atoms with E-state index in [9.17, 15) is 14.3 Å². The van der Waals surface area contributed by atoms with Gasteiger partial charge in [0.15, 0.2) is 5.58 Å². The zero-order chi connectivity index (χ0) is 23.1. The monoisotopic (exact) mass is 452 g/mol. The number of aromatic nitrogens is 3. The molecule has 0 unspecified atom stereocenters. The first-order valence-electron chi connectivity index (χ1n) is 11.7. The van der Waals surface area contributed by atoms with Crippen molar-refractivity contribution in [2.75, 3.05) is 19.6 Å². The topological polar surface area (TPSA) is 84.4 Å². The molecule has 0 spiro atoms. The van der Waals surface area contributed by atoms with E-state index in [-0.39, 0.29) is 23.1 Å². The van der Waals surface area contributed by atoms with E-state index in [0.29, 0.717) is 24.4 Å². The number of rotatable bonds is 4. The molecule has 2 aromatic heterocycles. The highest BCUT2D eigenvalue weighted by Gasteiger charge is 2.26. The molecule has 0 bridgehead atoms. The van der Waals surface area contributed by atoms with E-state index in [0.717, 1.165) is 73.2 Å². The highest BCUT2D eigenvalue weighted by molar-refractivity contribution is 5.79. The van der Waals surface area contributed by atoms with Gasteiger partial charge in [0, 0.05) is 47.3 Å². The number of fused-ring (bicyclic) bond motifs is 2. The predicted octanol–water partition coefficient (Wildman–Crippen LogP) is 4.34. The second-order valence-corrected chi connectivity index (χ2v) is 9.20. The fourth-order valence-electron chi connectivity index (χ4n) is 5.22. The maximum Gasteiger partial charge on any atom is 0.257 e. The van der Waals surface area contributed by atoms with Gasteiger partial charge < -0.3 is 14.5 Å². The highest BCUT2D eigenvalue weighted by Crippen LogP contribution is 2.33. The van der Waals surface area contributed by atoms with Crippen LogP contribution in [0.4, 0.5) is 4.39 Å². The van der Waals surface area contributed by atoms with E-state index in [1.54, 1.807) is 17.6 Å². The summed E-state index contributed by atoms with van der Waals surface area (Å²) in [6.45, 7) is 6.82. The van der Waals surface area contributed by atoms with Crippen LogP contribution in [0.25, 0.3) is 16.5 Å². The number of aliphatic hydroxyl groups excluding tert-OH is 1. The van der Waals surface area contributed by atoms with Crippen LogP contribution in [0.1, 0.15) is 61.3 Å². The molecule has 1 N–H and O–H groups in total. The lowest BCUT2D eigenvalue weighted by Gasteiger charge is -2.31. The summed E-state index contributed by atoms with van der Waals surface area (Å²) in [5.41, 5.74) is 3.73. The average molecular weight is 453 g/mol. The molecular formula is C25H29FN4O3. The van der Waals surface area contributed by atoms with Crippen molar-refractivity contribution in [3.05, 3.63) is 62.9 Å². The van der Waals surface area contributed by atoms with Gasteiger partial charge in [-0.1, -0.05) is 5.16 Å². The Bertz CT molecular complexity index is 1280. The Morgan fingerprint density at radius 3 is 2.82 bits per heavy atom. The predicted molar refractivity (Wildman–Crippen MR) is 124 cm³/mol. The van der Waals surface area contributed by atoms with Gasteiger partial charge in [0.05, 0.1) is 11.5 Å². The quantitative estimate of drug-likeness (QED) is 0.593. The van der Waals surface area contributed by atoms with E-state index < -0.39 is 0 Å². The van der Waals surface area contributed by atoms with Crippen molar-refractivity contribution in [1.82, 2.24) is 19.6 Å². The van der Waals surface area contributed by atoms with Gasteiger partial charge in [0.25, 0.3) is 5.56 Å². The van der Waals surface area contributed by atoms with Crippen molar-refractivity contribution >= 4 is 16.5 Å². The van der Waals surface area contributed by atoms with Gasteiger partial charge >= 0.3 is 0 Å². The summed E-state index contributed by atoms with van der Waals surface area (Å²) in [5, 5.41) is 15.1. The summed E-state index contributed by atoms with van der Waals surface area (Å²) in [6, 6.07) is 4.59. The van der Waals surface area contributed by atoms with Crippen LogP contribution >= 0.6 is 0 Å². The third-order valence-corrected chi connectivity index (χ3v) is 7.10. The van der Waals surface area contributed by atoms with E-state index in [4.69, 9.17) is 9.51 Å². The molecule has 4 heterocycles. The molecule has 2 aliphatic heterocycles. The molecule has 0 saturated carbocycles. The van der Waals surface area contributed by atoms with E-state index in [1.807, 2.05) is 6.92 Å². The summed E-state index contributed by atoms with van der Waals surface area (Å²) >= 11 is 0. The molecular weight excluding hydrogens is 423 g/mol. The van der Waals surface area contributed by atoms with Gasteiger partial charge in [-0.25, -0.2) is 9.37 Å². The van der Waals surface area contributed by atoms with Crippen LogP contribution in [-0.2, 0) is 13.0 Å². The van der Waals surface area contributed by atoms with Gasteiger partial charge in [-0.15, -0.1) is 0 Å². The van der Waals surface area contributed by atoms with Crippen LogP contribution < -0.4 is 5.56 Å². The Morgan fingerprint density at radius 1 is 1.27 bits per heavy atom. The number of allylic oxidation sites excluding steroid dienone is 2. The molecule has 8 heteroatoms. The van der Waals surface area contributed by atoms with Gasteiger partial charge in [-0.3, -0.25) is 9.36 Å². The first kappa shape index (κ1) is 21.8. The smallest absolute Gasteiger partial charge is 0.257 e. The lowest BCUT2D eigenvalue weighted by molar-refractivity contribution is 0.211. The molecule has 0 atom stereocenters. The fourth-order valence-corrected chi connectivity index (χ4v) is 5.22. The Hall–Kier alpha value is -3.00. The van der Waals surface area contributed by atoms with Crippen LogP contribution in [0, 0.1) is 12.7 Å². The number of halogens is 1. The molecule has 5 rings (SSSR count). The second-order valence-electron chi connectivity index (χ2n) is 9.20. The van der Waals surface area contributed by atoms with Crippen molar-refractivity contribution in [3.8, 4) is 0 Å². The molecule has 174 valence electrons. The van der Waals surface area contributed by atoms with E-state index in [2.05, 4.69) is 10.1 Å². The van der Waals surface area contributed by atoms with Crippen molar-refractivity contribution in [3.63, 3.8) is 0 Å². The number of likely N-dealkylation sites (tertiary alicyclic amines) is 1. The molecule has 0 amide bonds. The number of hydrogen-bond acceptors (Lipinski definition) is 6. The van der Waals surface area contributed by atoms with Crippen molar-refractivity contribution in [2.45, 2.75) is 58.4 Å². The first-order valence-corrected chi connectivity index (χ1v) is 11.7. The Morgan fingerprint density at radius 2 is 2.06 bits per heavy atom. The van der Waals surface area contributed by atoms with E-state index in [1.165, 1.54) is 12.1 Å². The largest absolute Gasteiger partial charge is 0.512 e. The molecule has 3 aromatic rings. The second kappa shape index (κ2) is 8.74. The Labute approximate surface area is 191 Å². The zero-order valence-corrected chi connectivity index (χ0v) is 19.1. The number of hydrogen-bond donors (Lipinski definition) is 1. The molecule has 1 fully saturated rings. The molecule has 33 heavy (non-hydrogen) atoms. The summed E-state index contributed by atoms with van der Waals surface area (Å²) in [7, 11) is 0. The summed E-state index contributed by atoms with van der Waals surface area (Å²) in [5.74, 6) is 0.836. The first-order chi connectivity index (χ1) is 15.9. The van der Waals surface area contributed by atoms with Crippen molar-refractivity contribution < 1.29 is 14.0 Å². The molecule has 7 nitrogen and oxygen atoms in total. The molecule has 2 aliphatic rings. The van der Waals surface area contributed by atoms with Crippen LogP contribution in [0.15, 0.2) is 33.3 Å². The van der Waals surface area contributed by atoms with Crippen molar-refractivity contribution in [1.29, 1.82) is 0 Å². The number of benzene rings is 1.